The van der Waals surface area contributed by atoms with Crippen LogP contribution in [0.2, 0.25) is 0 Å². The van der Waals surface area contributed by atoms with Gasteiger partial charge >= 0.3 is 0 Å². The first-order chi connectivity index (χ1) is 9.88. The number of ether oxygens (including phenoxy) is 1. The Morgan fingerprint density at radius 2 is 1.70 bits per heavy atom. The van der Waals surface area contributed by atoms with Crippen molar-refractivity contribution in [2.45, 2.75) is 51.9 Å². The van der Waals surface area contributed by atoms with Gasteiger partial charge in [-0.2, -0.15) is 0 Å². The van der Waals surface area contributed by atoms with Gasteiger partial charge < -0.3 is 4.74 Å². The molecule has 0 saturated heterocycles. The molecule has 0 atom stereocenters. The molecule has 0 N–H and O–H groups in total. The molecule has 2 nitrogen and oxygen atoms in total. The second kappa shape index (κ2) is 11.3. The third kappa shape index (κ3) is 7.13. The van der Waals surface area contributed by atoms with E-state index in [2.05, 4.69) is 6.92 Å². The Balaban J connectivity index is 2.21. The highest BCUT2D eigenvalue weighted by molar-refractivity contribution is 5.75. The molecule has 0 fully saturated rings. The van der Waals surface area contributed by atoms with Crippen molar-refractivity contribution in [2.75, 3.05) is 6.61 Å². The van der Waals surface area contributed by atoms with Gasteiger partial charge in [0.25, 0.3) is 0 Å². The number of aldehydes is 1. The Morgan fingerprint density at radius 3 is 2.45 bits per heavy atom. The maximum absolute atomic E-state index is 10.4. The topological polar surface area (TPSA) is 26.3 Å². The zero-order valence-corrected chi connectivity index (χ0v) is 12.5. The third-order valence-corrected chi connectivity index (χ3v) is 3.28. The number of carbonyl (C=O) groups is 1. The molecule has 0 bridgehead atoms. The molecule has 20 heavy (non-hydrogen) atoms. The summed E-state index contributed by atoms with van der Waals surface area (Å²) in [5.41, 5.74) is 0.961. The van der Waals surface area contributed by atoms with Gasteiger partial charge in [-0.1, -0.05) is 63.6 Å². The number of benzene rings is 1. The molecule has 0 heterocycles. The van der Waals surface area contributed by atoms with E-state index in [0.717, 1.165) is 30.6 Å². The van der Waals surface area contributed by atoms with E-state index in [0.29, 0.717) is 0 Å². The molecule has 2 heteroatoms. The zero-order valence-electron chi connectivity index (χ0n) is 12.5. The molecule has 0 aliphatic carbocycles. The average Bonchev–Trinajstić information content (AvgIpc) is 2.49. The smallest absolute Gasteiger partial charge is 0.142 e. The van der Waals surface area contributed by atoms with E-state index in [1.165, 1.54) is 44.6 Å². The summed E-state index contributed by atoms with van der Waals surface area (Å²) >= 11 is 0. The Hall–Kier alpha value is -1.57. The van der Waals surface area contributed by atoms with E-state index in [9.17, 15) is 4.79 Å². The summed E-state index contributed by atoms with van der Waals surface area (Å²) in [5.74, 6) is 0.858. The summed E-state index contributed by atoms with van der Waals surface area (Å²) in [6.45, 7) is 2.99. The number of unbranched alkanes of at least 4 members (excludes halogenated alkanes) is 6. The summed E-state index contributed by atoms with van der Waals surface area (Å²) in [6.07, 6.45) is 13.0. The molecular formula is C18H26O2. The van der Waals surface area contributed by atoms with Gasteiger partial charge in [-0.3, -0.25) is 4.79 Å². The summed E-state index contributed by atoms with van der Waals surface area (Å²) in [6, 6.07) is 7.81. The van der Waals surface area contributed by atoms with Gasteiger partial charge in [-0.15, -0.1) is 0 Å². The number of carbonyl (C=O) groups excluding carboxylic acids is 1. The standard InChI is InChI=1S/C18H26O2/c1-2-3-4-5-6-7-10-16-20-18-14-9-8-12-17(18)13-11-15-19/h8-9,11-15H,2-7,10,16H2,1H3/b13-11+. The van der Waals surface area contributed by atoms with E-state index >= 15 is 0 Å². The molecule has 110 valence electrons. The second-order valence-electron chi connectivity index (χ2n) is 5.00. The van der Waals surface area contributed by atoms with Crippen molar-refractivity contribution in [3.05, 3.63) is 35.9 Å². The highest BCUT2D eigenvalue weighted by Gasteiger charge is 1.99. The first-order valence-electron chi connectivity index (χ1n) is 7.72. The minimum absolute atomic E-state index is 0.750. The normalized spacial score (nSPS) is 10.8. The molecule has 0 saturated carbocycles. The van der Waals surface area contributed by atoms with E-state index < -0.39 is 0 Å². The highest BCUT2D eigenvalue weighted by Crippen LogP contribution is 2.19. The van der Waals surface area contributed by atoms with Gasteiger partial charge in [0.1, 0.15) is 12.0 Å². The lowest BCUT2D eigenvalue weighted by molar-refractivity contribution is -0.104. The fraction of sp³-hybridized carbons (Fsp3) is 0.500. The van der Waals surface area contributed by atoms with Gasteiger partial charge in [-0.05, 0) is 24.6 Å². The van der Waals surface area contributed by atoms with Crippen LogP contribution in [0.1, 0.15) is 57.4 Å². The Bertz CT molecular complexity index is 396. The predicted molar refractivity (Wildman–Crippen MR) is 85.0 cm³/mol. The van der Waals surface area contributed by atoms with Crippen molar-refractivity contribution in [1.82, 2.24) is 0 Å². The average molecular weight is 274 g/mol. The lowest BCUT2D eigenvalue weighted by Gasteiger charge is -2.09. The molecule has 0 aliphatic rings. The SMILES string of the molecule is CCCCCCCCCOc1ccccc1/C=C/C=O. The lowest BCUT2D eigenvalue weighted by atomic mass is 10.1. The molecule has 0 radical (unpaired) electrons. The van der Waals surface area contributed by atoms with Crippen molar-refractivity contribution in [3.63, 3.8) is 0 Å². The Kier molecular flexibility index (Phi) is 9.29. The number of hydrogen-bond donors (Lipinski definition) is 0. The molecular weight excluding hydrogens is 248 g/mol. The maximum atomic E-state index is 10.4. The molecule has 0 amide bonds. The van der Waals surface area contributed by atoms with Gasteiger partial charge in [0, 0.05) is 5.56 Å². The summed E-state index contributed by atoms with van der Waals surface area (Å²) in [5, 5.41) is 0. The number of rotatable bonds is 11. The van der Waals surface area contributed by atoms with Crippen molar-refractivity contribution in [1.29, 1.82) is 0 Å². The number of para-hydroxylation sites is 1. The van der Waals surface area contributed by atoms with E-state index in [-0.39, 0.29) is 0 Å². The minimum atomic E-state index is 0.750. The van der Waals surface area contributed by atoms with Gasteiger partial charge in [0.2, 0.25) is 0 Å². The van der Waals surface area contributed by atoms with Crippen LogP contribution < -0.4 is 4.74 Å². The number of allylic oxidation sites excluding steroid dienone is 1. The van der Waals surface area contributed by atoms with E-state index in [1.54, 1.807) is 6.08 Å². The molecule has 0 unspecified atom stereocenters. The molecule has 0 aliphatic heterocycles. The fourth-order valence-electron chi connectivity index (χ4n) is 2.13. The van der Waals surface area contributed by atoms with Crippen LogP contribution in [0.3, 0.4) is 0 Å². The molecule has 1 rings (SSSR count). The van der Waals surface area contributed by atoms with Crippen molar-refractivity contribution < 1.29 is 9.53 Å². The maximum Gasteiger partial charge on any atom is 0.142 e. The summed E-state index contributed by atoms with van der Waals surface area (Å²) in [7, 11) is 0. The summed E-state index contributed by atoms with van der Waals surface area (Å²) in [4.78, 5) is 10.4. The monoisotopic (exact) mass is 274 g/mol. The van der Waals surface area contributed by atoms with Gasteiger partial charge in [0.15, 0.2) is 0 Å². The van der Waals surface area contributed by atoms with Crippen molar-refractivity contribution in [2.24, 2.45) is 0 Å². The van der Waals surface area contributed by atoms with Crippen LogP contribution in [0.4, 0.5) is 0 Å². The first-order valence-corrected chi connectivity index (χ1v) is 7.72. The number of hydrogen-bond acceptors (Lipinski definition) is 2. The van der Waals surface area contributed by atoms with Crippen LogP contribution in [0.25, 0.3) is 6.08 Å². The molecule has 0 spiro atoms. The predicted octanol–water partition coefficient (Wildman–Crippen LogP) is 5.03. The highest BCUT2D eigenvalue weighted by atomic mass is 16.5. The molecule has 1 aromatic carbocycles. The minimum Gasteiger partial charge on any atom is -0.493 e. The summed E-state index contributed by atoms with van der Waals surface area (Å²) < 4.78 is 5.79. The van der Waals surface area contributed by atoms with Crippen LogP contribution in [-0.4, -0.2) is 12.9 Å². The van der Waals surface area contributed by atoms with Crippen LogP contribution in [-0.2, 0) is 4.79 Å². The van der Waals surface area contributed by atoms with Gasteiger partial charge in [0.05, 0.1) is 6.61 Å². The van der Waals surface area contributed by atoms with Crippen LogP contribution >= 0.6 is 0 Å². The largest absolute Gasteiger partial charge is 0.493 e. The second-order valence-corrected chi connectivity index (χ2v) is 5.00. The first kappa shape index (κ1) is 16.5. The molecule has 0 aromatic heterocycles. The van der Waals surface area contributed by atoms with E-state index in [4.69, 9.17) is 4.74 Å². The lowest BCUT2D eigenvalue weighted by Crippen LogP contribution is -1.98. The van der Waals surface area contributed by atoms with Crippen LogP contribution in [0, 0.1) is 0 Å². The van der Waals surface area contributed by atoms with Gasteiger partial charge in [-0.25, -0.2) is 0 Å². The Labute approximate surface area is 122 Å². The van der Waals surface area contributed by atoms with Crippen LogP contribution in [0.15, 0.2) is 30.3 Å². The van der Waals surface area contributed by atoms with Crippen molar-refractivity contribution >= 4 is 12.4 Å². The Morgan fingerprint density at radius 1 is 1.00 bits per heavy atom. The fourth-order valence-corrected chi connectivity index (χ4v) is 2.13. The van der Waals surface area contributed by atoms with E-state index in [1.807, 2.05) is 24.3 Å². The van der Waals surface area contributed by atoms with Crippen molar-refractivity contribution in [3.8, 4) is 5.75 Å². The quantitative estimate of drug-likeness (QED) is 0.321. The zero-order chi connectivity index (χ0) is 14.5. The molecule has 1 aromatic rings. The third-order valence-electron chi connectivity index (χ3n) is 3.28. The van der Waals surface area contributed by atoms with Crippen LogP contribution in [0.5, 0.6) is 5.75 Å².